The highest BCUT2D eigenvalue weighted by Crippen LogP contribution is 2.39. The van der Waals surface area contributed by atoms with Crippen molar-refractivity contribution >= 4 is 10.1 Å². The van der Waals surface area contributed by atoms with Crippen LogP contribution in [0.5, 0.6) is 0 Å². The number of alkyl halides is 2. The monoisotopic (exact) mass is 326 g/mol. The summed E-state index contributed by atoms with van der Waals surface area (Å²) < 4.78 is 60.7. The van der Waals surface area contributed by atoms with E-state index in [1.807, 2.05) is 0 Å². The lowest BCUT2D eigenvalue weighted by atomic mass is 9.73. The molecule has 0 spiro atoms. The zero-order valence-corrected chi connectivity index (χ0v) is 13.0. The maximum absolute atomic E-state index is 13.1. The third-order valence-corrected chi connectivity index (χ3v) is 5.77. The van der Waals surface area contributed by atoms with Crippen LogP contribution in [-0.2, 0) is 14.9 Å². The van der Waals surface area contributed by atoms with E-state index < -0.39 is 22.0 Å². The van der Waals surface area contributed by atoms with Crippen molar-refractivity contribution in [3.05, 3.63) is 0 Å². The van der Waals surface area contributed by atoms with Gasteiger partial charge in [-0.3, -0.25) is 4.55 Å². The van der Waals surface area contributed by atoms with Gasteiger partial charge in [0.25, 0.3) is 0 Å². The lowest BCUT2D eigenvalue weighted by Crippen LogP contribution is -2.36. The fraction of sp³-hybridized carbons (Fsp3) is 1.00. The van der Waals surface area contributed by atoms with Gasteiger partial charge in [-0.1, -0.05) is 32.1 Å². The minimum atomic E-state index is -5.39. The van der Waals surface area contributed by atoms with Crippen LogP contribution in [0.15, 0.2) is 0 Å². The van der Waals surface area contributed by atoms with Crippen LogP contribution in [0.3, 0.4) is 0 Å². The Morgan fingerprint density at radius 3 is 2.00 bits per heavy atom. The first-order valence-corrected chi connectivity index (χ1v) is 9.20. The van der Waals surface area contributed by atoms with Crippen molar-refractivity contribution in [2.45, 2.75) is 69.1 Å². The van der Waals surface area contributed by atoms with E-state index in [4.69, 9.17) is 9.29 Å². The number of hydrogen-bond donors (Lipinski definition) is 1. The molecule has 2 aliphatic carbocycles. The Balaban J connectivity index is 1.74. The standard InChI is InChI=1S/C14H24F2O4S/c15-14(16,21(17,18)19)10-20-13-8-6-12(7-9-13)11-4-2-1-3-5-11/h11-13H,1-10H2,(H,17,18,19). The fourth-order valence-corrected chi connectivity index (χ4v) is 3.84. The predicted octanol–water partition coefficient (Wildman–Crippen LogP) is 3.62. The second-order valence-corrected chi connectivity index (χ2v) is 7.91. The molecule has 1 N–H and O–H groups in total. The minimum Gasteiger partial charge on any atom is -0.371 e. The smallest absolute Gasteiger partial charge is 0.371 e. The van der Waals surface area contributed by atoms with E-state index in [0.717, 1.165) is 18.8 Å². The first-order valence-electron chi connectivity index (χ1n) is 7.76. The summed E-state index contributed by atoms with van der Waals surface area (Å²) in [4.78, 5) is 0. The minimum absolute atomic E-state index is 0.322. The summed E-state index contributed by atoms with van der Waals surface area (Å²) in [6, 6.07) is 0. The molecule has 7 heteroatoms. The SMILES string of the molecule is O=S(=O)(O)C(F)(F)COC1CCC(C2CCCCC2)CC1. The maximum Gasteiger partial charge on any atom is 0.392 e. The van der Waals surface area contributed by atoms with Gasteiger partial charge in [-0.05, 0) is 37.5 Å². The predicted molar refractivity (Wildman–Crippen MR) is 74.8 cm³/mol. The van der Waals surface area contributed by atoms with E-state index in [9.17, 15) is 17.2 Å². The highest BCUT2D eigenvalue weighted by atomic mass is 32.2. The van der Waals surface area contributed by atoms with Crippen LogP contribution < -0.4 is 0 Å². The Labute approximate surface area is 125 Å². The molecular formula is C14H24F2O4S. The molecule has 21 heavy (non-hydrogen) atoms. The average Bonchev–Trinajstić information content (AvgIpc) is 2.45. The van der Waals surface area contributed by atoms with Gasteiger partial charge in [0.15, 0.2) is 0 Å². The Morgan fingerprint density at radius 2 is 1.48 bits per heavy atom. The van der Waals surface area contributed by atoms with Crippen LogP contribution in [0.1, 0.15) is 57.8 Å². The Morgan fingerprint density at radius 1 is 0.952 bits per heavy atom. The summed E-state index contributed by atoms with van der Waals surface area (Å²) in [7, 11) is -5.39. The molecule has 0 aromatic carbocycles. The summed E-state index contributed by atoms with van der Waals surface area (Å²) in [6.07, 6.45) is 9.46. The molecule has 2 saturated carbocycles. The van der Waals surface area contributed by atoms with E-state index in [-0.39, 0.29) is 6.10 Å². The summed E-state index contributed by atoms with van der Waals surface area (Å²) in [5.41, 5.74) is 0. The molecule has 0 atom stereocenters. The van der Waals surface area contributed by atoms with Gasteiger partial charge in [0.1, 0.15) is 6.61 Å². The number of hydrogen-bond acceptors (Lipinski definition) is 3. The molecule has 2 rings (SSSR count). The number of halogens is 2. The van der Waals surface area contributed by atoms with Crippen molar-refractivity contribution in [2.75, 3.05) is 6.61 Å². The molecule has 0 aromatic rings. The normalized spacial score (nSPS) is 29.5. The van der Waals surface area contributed by atoms with Crippen LogP contribution in [0.25, 0.3) is 0 Å². The topological polar surface area (TPSA) is 63.6 Å². The van der Waals surface area contributed by atoms with Gasteiger partial charge >= 0.3 is 15.4 Å². The summed E-state index contributed by atoms with van der Waals surface area (Å²) in [5, 5.41) is -4.22. The van der Waals surface area contributed by atoms with Crippen molar-refractivity contribution in [3.8, 4) is 0 Å². The molecule has 0 aliphatic heterocycles. The van der Waals surface area contributed by atoms with Crippen molar-refractivity contribution < 1.29 is 26.5 Å². The maximum atomic E-state index is 13.1. The van der Waals surface area contributed by atoms with Gasteiger partial charge in [0.05, 0.1) is 6.10 Å². The highest BCUT2D eigenvalue weighted by Gasteiger charge is 2.45. The molecule has 0 heterocycles. The molecule has 0 amide bonds. The lowest BCUT2D eigenvalue weighted by Gasteiger charge is -2.36. The third-order valence-electron chi connectivity index (χ3n) is 4.90. The van der Waals surface area contributed by atoms with Crippen LogP contribution in [0, 0.1) is 11.8 Å². The highest BCUT2D eigenvalue weighted by molar-refractivity contribution is 7.86. The largest absolute Gasteiger partial charge is 0.392 e. The molecule has 0 unspecified atom stereocenters. The second-order valence-electron chi connectivity index (χ2n) is 6.36. The quantitative estimate of drug-likeness (QED) is 0.784. The van der Waals surface area contributed by atoms with Gasteiger partial charge in [-0.15, -0.1) is 0 Å². The van der Waals surface area contributed by atoms with Gasteiger partial charge in [-0.25, -0.2) is 0 Å². The molecule has 0 aromatic heterocycles. The van der Waals surface area contributed by atoms with Gasteiger partial charge in [-0.2, -0.15) is 17.2 Å². The van der Waals surface area contributed by atoms with Gasteiger partial charge < -0.3 is 4.74 Å². The molecule has 2 aliphatic rings. The third kappa shape index (κ3) is 4.60. The zero-order valence-electron chi connectivity index (χ0n) is 12.1. The van der Waals surface area contributed by atoms with Gasteiger partial charge in [0, 0.05) is 0 Å². The van der Waals surface area contributed by atoms with Crippen LogP contribution in [0.2, 0.25) is 0 Å². The van der Waals surface area contributed by atoms with Crippen molar-refractivity contribution in [1.82, 2.24) is 0 Å². The first kappa shape index (κ1) is 17.1. The summed E-state index contributed by atoms with van der Waals surface area (Å²) >= 11 is 0. The molecule has 124 valence electrons. The Kier molecular flexibility index (Phi) is 5.59. The van der Waals surface area contributed by atoms with Crippen LogP contribution in [-0.4, -0.2) is 30.9 Å². The van der Waals surface area contributed by atoms with E-state index in [1.165, 1.54) is 32.1 Å². The number of rotatable bonds is 5. The number of ether oxygens (including phenoxy) is 1. The Hall–Kier alpha value is -0.270. The molecular weight excluding hydrogens is 302 g/mol. The Bertz CT molecular complexity index is 424. The zero-order chi connectivity index (χ0) is 15.5. The van der Waals surface area contributed by atoms with Gasteiger partial charge in [0.2, 0.25) is 0 Å². The van der Waals surface area contributed by atoms with Crippen molar-refractivity contribution in [3.63, 3.8) is 0 Å². The van der Waals surface area contributed by atoms with E-state index in [1.54, 1.807) is 0 Å². The van der Waals surface area contributed by atoms with Crippen LogP contribution in [0.4, 0.5) is 8.78 Å². The lowest BCUT2D eigenvalue weighted by molar-refractivity contribution is -0.0683. The van der Waals surface area contributed by atoms with E-state index in [0.29, 0.717) is 18.8 Å². The molecule has 0 radical (unpaired) electrons. The summed E-state index contributed by atoms with van der Waals surface area (Å²) in [5.74, 6) is 1.42. The molecule has 4 nitrogen and oxygen atoms in total. The second kappa shape index (κ2) is 6.87. The van der Waals surface area contributed by atoms with Crippen molar-refractivity contribution in [2.24, 2.45) is 11.8 Å². The fourth-order valence-electron chi connectivity index (χ4n) is 3.62. The molecule has 0 bridgehead atoms. The van der Waals surface area contributed by atoms with Crippen molar-refractivity contribution in [1.29, 1.82) is 0 Å². The molecule has 0 saturated heterocycles. The molecule has 2 fully saturated rings. The average molecular weight is 326 g/mol. The summed E-state index contributed by atoms with van der Waals surface area (Å²) in [6.45, 7) is -1.26. The van der Waals surface area contributed by atoms with Crippen LogP contribution >= 0.6 is 0 Å². The first-order chi connectivity index (χ1) is 9.79. The van der Waals surface area contributed by atoms with E-state index >= 15 is 0 Å². The van der Waals surface area contributed by atoms with E-state index in [2.05, 4.69) is 0 Å².